The fraction of sp³-hybridized carbons (Fsp3) is 0.500. The van der Waals surface area contributed by atoms with Crippen molar-refractivity contribution in [2.75, 3.05) is 21.3 Å². The Bertz CT molecular complexity index is 341. The number of methoxy groups -OCH3 is 2. The number of ether oxygens (including phenoxy) is 2. The highest BCUT2D eigenvalue weighted by molar-refractivity contribution is 5.42. The third kappa shape index (κ3) is 2.65. The normalized spacial score (nSPS) is 14.3. The zero-order valence-electron chi connectivity index (χ0n) is 10.2. The summed E-state index contributed by atoms with van der Waals surface area (Å²) in [7, 11) is 4.99. The summed E-state index contributed by atoms with van der Waals surface area (Å²) < 4.78 is 10.3. The molecule has 0 heterocycles. The molecule has 0 saturated heterocycles. The maximum Gasteiger partial charge on any atom is 0.124 e. The Morgan fingerprint density at radius 3 is 2.44 bits per heavy atom. The molecule has 0 fully saturated rings. The monoisotopic (exact) mass is 225 g/mol. The molecular weight excluding hydrogens is 206 g/mol. The van der Waals surface area contributed by atoms with Crippen molar-refractivity contribution >= 4 is 0 Å². The molecule has 4 heteroatoms. The quantitative estimate of drug-likeness (QED) is 0.794. The predicted octanol–water partition coefficient (Wildman–Crippen LogP) is 1.35. The Morgan fingerprint density at radius 1 is 1.25 bits per heavy atom. The van der Waals surface area contributed by atoms with Crippen molar-refractivity contribution in [1.82, 2.24) is 5.32 Å². The molecule has 0 aliphatic rings. The summed E-state index contributed by atoms with van der Waals surface area (Å²) in [5, 5.41) is 13.1. The van der Waals surface area contributed by atoms with Crippen LogP contribution in [0.15, 0.2) is 18.2 Å². The maximum absolute atomic E-state index is 10.1. The van der Waals surface area contributed by atoms with Gasteiger partial charge < -0.3 is 19.9 Å². The standard InChI is InChI=1S/C12H19NO3/c1-8(13-2)12(14)10-7-9(15-3)5-6-11(10)16-4/h5-8,12-14H,1-4H3. The Hall–Kier alpha value is -1.26. The Kier molecular flexibility index (Phi) is 4.58. The van der Waals surface area contributed by atoms with Gasteiger partial charge in [0.15, 0.2) is 0 Å². The van der Waals surface area contributed by atoms with Crippen molar-refractivity contribution in [3.63, 3.8) is 0 Å². The SMILES string of the molecule is CNC(C)C(O)c1cc(OC)ccc1OC. The zero-order chi connectivity index (χ0) is 12.1. The van der Waals surface area contributed by atoms with Crippen molar-refractivity contribution < 1.29 is 14.6 Å². The number of aliphatic hydroxyl groups excluding tert-OH is 1. The first-order valence-corrected chi connectivity index (χ1v) is 5.21. The Balaban J connectivity index is 3.07. The molecule has 0 amide bonds. The number of hydrogen-bond acceptors (Lipinski definition) is 4. The van der Waals surface area contributed by atoms with Crippen molar-refractivity contribution in [3.05, 3.63) is 23.8 Å². The van der Waals surface area contributed by atoms with Gasteiger partial charge in [-0.2, -0.15) is 0 Å². The van der Waals surface area contributed by atoms with E-state index < -0.39 is 6.10 Å². The van der Waals surface area contributed by atoms with Crippen LogP contribution >= 0.6 is 0 Å². The van der Waals surface area contributed by atoms with E-state index in [1.807, 2.05) is 6.92 Å². The van der Waals surface area contributed by atoms with Crippen LogP contribution in [0.3, 0.4) is 0 Å². The zero-order valence-corrected chi connectivity index (χ0v) is 10.2. The number of benzene rings is 1. The van der Waals surface area contributed by atoms with Gasteiger partial charge in [-0.25, -0.2) is 0 Å². The van der Waals surface area contributed by atoms with Crippen LogP contribution in [-0.2, 0) is 0 Å². The van der Waals surface area contributed by atoms with Gasteiger partial charge in [0.25, 0.3) is 0 Å². The highest BCUT2D eigenvalue weighted by atomic mass is 16.5. The van der Waals surface area contributed by atoms with Crippen LogP contribution in [-0.4, -0.2) is 32.4 Å². The average Bonchev–Trinajstić information content (AvgIpc) is 2.35. The minimum atomic E-state index is -0.630. The van der Waals surface area contributed by atoms with E-state index in [0.29, 0.717) is 11.5 Å². The fourth-order valence-corrected chi connectivity index (χ4v) is 1.50. The molecule has 1 rings (SSSR count). The summed E-state index contributed by atoms with van der Waals surface area (Å²) in [5.41, 5.74) is 0.726. The van der Waals surface area contributed by atoms with Gasteiger partial charge in [-0.15, -0.1) is 0 Å². The lowest BCUT2D eigenvalue weighted by atomic mass is 10.0. The summed E-state index contributed by atoms with van der Waals surface area (Å²) in [6.45, 7) is 1.91. The molecule has 1 aromatic rings. The molecule has 0 aliphatic carbocycles. The van der Waals surface area contributed by atoms with Crippen LogP contribution in [0, 0.1) is 0 Å². The highest BCUT2D eigenvalue weighted by Gasteiger charge is 2.19. The van der Waals surface area contributed by atoms with E-state index in [1.54, 1.807) is 39.5 Å². The lowest BCUT2D eigenvalue weighted by Gasteiger charge is -2.21. The second-order valence-corrected chi connectivity index (χ2v) is 3.63. The summed E-state index contributed by atoms with van der Waals surface area (Å²) in [5.74, 6) is 1.37. The molecule has 90 valence electrons. The summed E-state index contributed by atoms with van der Waals surface area (Å²) >= 11 is 0. The van der Waals surface area contributed by atoms with Crippen LogP contribution in [0.4, 0.5) is 0 Å². The topological polar surface area (TPSA) is 50.7 Å². The van der Waals surface area contributed by atoms with Gasteiger partial charge in [0.2, 0.25) is 0 Å². The van der Waals surface area contributed by atoms with Crippen molar-refractivity contribution in [2.24, 2.45) is 0 Å². The average molecular weight is 225 g/mol. The first kappa shape index (κ1) is 12.8. The lowest BCUT2D eigenvalue weighted by Crippen LogP contribution is -2.28. The molecule has 0 spiro atoms. The second kappa shape index (κ2) is 5.72. The number of nitrogens with one attached hydrogen (secondary N) is 1. The van der Waals surface area contributed by atoms with Crippen LogP contribution in [0.25, 0.3) is 0 Å². The van der Waals surface area contributed by atoms with E-state index in [1.165, 1.54) is 0 Å². The molecule has 4 nitrogen and oxygen atoms in total. The van der Waals surface area contributed by atoms with Gasteiger partial charge in [0.1, 0.15) is 11.5 Å². The number of hydrogen-bond donors (Lipinski definition) is 2. The first-order valence-electron chi connectivity index (χ1n) is 5.21. The fourth-order valence-electron chi connectivity index (χ4n) is 1.50. The highest BCUT2D eigenvalue weighted by Crippen LogP contribution is 2.30. The van der Waals surface area contributed by atoms with Crippen LogP contribution in [0.1, 0.15) is 18.6 Å². The van der Waals surface area contributed by atoms with E-state index >= 15 is 0 Å². The second-order valence-electron chi connectivity index (χ2n) is 3.63. The molecule has 0 bridgehead atoms. The number of likely N-dealkylation sites (N-methyl/N-ethyl adjacent to an activating group) is 1. The molecule has 0 aromatic heterocycles. The number of aliphatic hydroxyl groups is 1. The van der Waals surface area contributed by atoms with Gasteiger partial charge >= 0.3 is 0 Å². The molecule has 2 N–H and O–H groups in total. The van der Waals surface area contributed by atoms with Crippen molar-refractivity contribution in [2.45, 2.75) is 19.1 Å². The van der Waals surface area contributed by atoms with E-state index in [0.717, 1.165) is 5.56 Å². The summed E-state index contributed by atoms with van der Waals surface area (Å²) in [4.78, 5) is 0. The molecule has 2 atom stereocenters. The molecule has 0 aliphatic heterocycles. The smallest absolute Gasteiger partial charge is 0.124 e. The van der Waals surface area contributed by atoms with Crippen LogP contribution in [0.2, 0.25) is 0 Å². The summed E-state index contributed by atoms with van der Waals surface area (Å²) in [6.07, 6.45) is -0.630. The van der Waals surface area contributed by atoms with E-state index in [2.05, 4.69) is 5.32 Å². The molecule has 16 heavy (non-hydrogen) atoms. The van der Waals surface area contributed by atoms with Gasteiger partial charge in [0, 0.05) is 11.6 Å². The van der Waals surface area contributed by atoms with Gasteiger partial charge in [-0.1, -0.05) is 0 Å². The maximum atomic E-state index is 10.1. The largest absolute Gasteiger partial charge is 0.497 e. The minimum absolute atomic E-state index is 0.0546. The van der Waals surface area contributed by atoms with E-state index in [9.17, 15) is 5.11 Å². The van der Waals surface area contributed by atoms with Gasteiger partial charge in [-0.3, -0.25) is 0 Å². The molecule has 1 aromatic carbocycles. The first-order chi connectivity index (χ1) is 7.63. The van der Waals surface area contributed by atoms with Crippen molar-refractivity contribution in [3.8, 4) is 11.5 Å². The molecule has 0 saturated carbocycles. The minimum Gasteiger partial charge on any atom is -0.497 e. The third-order valence-electron chi connectivity index (χ3n) is 2.68. The molecule has 0 radical (unpaired) electrons. The third-order valence-corrected chi connectivity index (χ3v) is 2.68. The van der Waals surface area contributed by atoms with Gasteiger partial charge in [0.05, 0.1) is 20.3 Å². The van der Waals surface area contributed by atoms with E-state index in [4.69, 9.17) is 9.47 Å². The van der Waals surface area contributed by atoms with Crippen molar-refractivity contribution in [1.29, 1.82) is 0 Å². The van der Waals surface area contributed by atoms with Gasteiger partial charge in [-0.05, 0) is 32.2 Å². The molecular formula is C12H19NO3. The molecule has 2 unspecified atom stereocenters. The van der Waals surface area contributed by atoms with Crippen LogP contribution in [0.5, 0.6) is 11.5 Å². The summed E-state index contributed by atoms with van der Waals surface area (Å²) in [6, 6.07) is 5.33. The van der Waals surface area contributed by atoms with E-state index in [-0.39, 0.29) is 6.04 Å². The van der Waals surface area contributed by atoms with Crippen LogP contribution < -0.4 is 14.8 Å². The number of rotatable bonds is 5. The predicted molar refractivity (Wildman–Crippen MR) is 63.0 cm³/mol. The Labute approximate surface area is 96.2 Å². The lowest BCUT2D eigenvalue weighted by molar-refractivity contribution is 0.136. The Morgan fingerprint density at radius 2 is 1.94 bits per heavy atom.